The number of nitrogens with zero attached hydrogens (tertiary/aromatic N) is 4. The van der Waals surface area contributed by atoms with E-state index in [9.17, 15) is 0 Å². The Bertz CT molecular complexity index is 1530. The van der Waals surface area contributed by atoms with Crippen LogP contribution in [0.2, 0.25) is 0 Å². The zero-order valence-corrected chi connectivity index (χ0v) is 25.9. The van der Waals surface area contributed by atoms with E-state index >= 15 is 0 Å². The van der Waals surface area contributed by atoms with E-state index in [-0.39, 0.29) is 20.1 Å². The standard InChI is InChI=1S/C24H22N2.C11H11N2.Ir/c1-18-16-22(20-8-5-4-6-9-20)17-19(2)24(18)21-10-12-23(13-11-21)26(3)15-7-14-25;1-9-8-10(2)13(12-9)11-6-4-3-5-7-11;/h4-12,14-17H,1-3H3;3-6,8H,1-2H3;/q-2;-1;+3/b15-7-;;. The van der Waals surface area contributed by atoms with Gasteiger partial charge in [-0.05, 0) is 56.8 Å². The molecule has 1 aromatic heterocycles. The molecule has 5 heteroatoms. The van der Waals surface area contributed by atoms with E-state index in [4.69, 9.17) is 5.41 Å². The molecule has 202 valence electrons. The number of aromatic nitrogens is 2. The van der Waals surface area contributed by atoms with Gasteiger partial charge in [0.25, 0.3) is 0 Å². The van der Waals surface area contributed by atoms with E-state index in [1.807, 2.05) is 72.9 Å². The summed E-state index contributed by atoms with van der Waals surface area (Å²) in [5.41, 5.74) is 11.5. The Kier molecular flexibility index (Phi) is 11.0. The van der Waals surface area contributed by atoms with E-state index in [2.05, 4.69) is 79.6 Å². The van der Waals surface area contributed by atoms with Crippen molar-refractivity contribution in [1.82, 2.24) is 9.78 Å². The van der Waals surface area contributed by atoms with Crippen LogP contribution in [0.1, 0.15) is 22.5 Å². The molecule has 5 aromatic rings. The van der Waals surface area contributed by atoms with Crippen molar-refractivity contribution < 1.29 is 20.1 Å². The summed E-state index contributed by atoms with van der Waals surface area (Å²) in [6, 6.07) is 37.5. The van der Waals surface area contributed by atoms with Gasteiger partial charge in [0.1, 0.15) is 0 Å². The van der Waals surface area contributed by atoms with Crippen molar-refractivity contribution >= 4 is 11.9 Å². The number of hydrogen-bond donors (Lipinski definition) is 0. The molecule has 0 amide bonds. The minimum atomic E-state index is 0. The molecule has 4 nitrogen and oxygen atoms in total. The van der Waals surface area contributed by atoms with Gasteiger partial charge >= 0.3 is 20.1 Å². The first-order valence-corrected chi connectivity index (χ1v) is 12.9. The number of rotatable bonds is 6. The molecule has 0 spiro atoms. The zero-order valence-electron chi connectivity index (χ0n) is 23.5. The van der Waals surface area contributed by atoms with Gasteiger partial charge in [-0.2, -0.15) is 53.8 Å². The second-order valence-corrected chi connectivity index (χ2v) is 9.50. The smallest absolute Gasteiger partial charge is 0.811 e. The molecule has 5 rings (SSSR count). The normalized spacial score (nSPS) is 10.4. The van der Waals surface area contributed by atoms with Crippen LogP contribution in [-0.2, 0) is 20.1 Å². The summed E-state index contributed by atoms with van der Waals surface area (Å²) in [6.07, 6.45) is 4.39. The predicted molar refractivity (Wildman–Crippen MR) is 164 cm³/mol. The summed E-state index contributed by atoms with van der Waals surface area (Å²) < 4.78 is 1.90. The molecular weight excluding hydrogens is 669 g/mol. The second kappa shape index (κ2) is 14.4. The van der Waals surface area contributed by atoms with Gasteiger partial charge in [0.15, 0.2) is 0 Å². The van der Waals surface area contributed by atoms with Gasteiger partial charge in [-0.25, -0.2) is 0 Å². The SMILES string of the molecule is Cc1cc(-c2ccccc2)cc(C)c1-c1c[c-]c(N(C)/C=C\C=[N-])cc1.Cc1cc(C)n(-c2[c-]cccc2)n1.[Ir+3]. The fraction of sp³-hybridized carbons (Fsp3) is 0.143. The third-order valence-electron chi connectivity index (χ3n) is 6.43. The molecule has 0 unspecified atom stereocenters. The first-order chi connectivity index (χ1) is 18.9. The van der Waals surface area contributed by atoms with Gasteiger partial charge in [-0.1, -0.05) is 70.9 Å². The third kappa shape index (κ3) is 7.53. The molecule has 0 aliphatic heterocycles. The first kappa shape index (κ1) is 30.5. The van der Waals surface area contributed by atoms with Crippen molar-refractivity contribution in [2.45, 2.75) is 27.7 Å². The molecule has 0 aliphatic rings. The van der Waals surface area contributed by atoms with Crippen LogP contribution in [0.5, 0.6) is 0 Å². The molecule has 0 fully saturated rings. The Hall–Kier alpha value is -4.05. The van der Waals surface area contributed by atoms with E-state index in [1.165, 1.54) is 27.8 Å². The number of allylic oxidation sites excluding steroid dienone is 1. The maximum absolute atomic E-state index is 8.77. The second-order valence-electron chi connectivity index (χ2n) is 9.50. The van der Waals surface area contributed by atoms with Gasteiger partial charge in [0.2, 0.25) is 0 Å². The van der Waals surface area contributed by atoms with E-state index in [0.717, 1.165) is 34.5 Å². The van der Waals surface area contributed by atoms with Crippen molar-refractivity contribution in [2.75, 3.05) is 11.9 Å². The van der Waals surface area contributed by atoms with Gasteiger partial charge in [0, 0.05) is 12.7 Å². The van der Waals surface area contributed by atoms with Crippen molar-refractivity contribution in [3.63, 3.8) is 0 Å². The maximum atomic E-state index is 8.77. The van der Waals surface area contributed by atoms with Gasteiger partial charge in [-0.15, -0.1) is 17.7 Å². The number of aryl methyl sites for hydroxylation is 4. The monoisotopic (exact) mass is 702 g/mol. The maximum Gasteiger partial charge on any atom is 3.00 e. The summed E-state index contributed by atoms with van der Waals surface area (Å²) in [5, 5.41) is 13.1. The average Bonchev–Trinajstić information content (AvgIpc) is 3.30. The molecular formula is C35H33IrN4. The fourth-order valence-corrected chi connectivity index (χ4v) is 4.64. The van der Waals surface area contributed by atoms with Crippen LogP contribution in [0.4, 0.5) is 5.69 Å². The molecule has 0 bridgehead atoms. The number of benzene rings is 4. The van der Waals surface area contributed by atoms with Crippen molar-refractivity contribution in [1.29, 1.82) is 0 Å². The summed E-state index contributed by atoms with van der Waals surface area (Å²) in [6.45, 7) is 8.36. The van der Waals surface area contributed by atoms with E-state index in [1.54, 1.807) is 12.3 Å². The molecule has 4 aromatic carbocycles. The molecule has 0 saturated carbocycles. The Balaban J connectivity index is 0.000000264. The summed E-state index contributed by atoms with van der Waals surface area (Å²) in [5.74, 6) is 0. The van der Waals surface area contributed by atoms with Crippen LogP contribution < -0.4 is 4.90 Å². The molecule has 0 atom stereocenters. The van der Waals surface area contributed by atoms with Crippen molar-refractivity contribution in [2.24, 2.45) is 0 Å². The number of hydrogen-bond acceptors (Lipinski definition) is 2. The largest absolute Gasteiger partial charge is 3.00 e. The van der Waals surface area contributed by atoms with Gasteiger partial charge in [0.05, 0.1) is 5.69 Å². The number of para-hydroxylation sites is 1. The minimum absolute atomic E-state index is 0. The van der Waals surface area contributed by atoms with Crippen LogP contribution in [0.15, 0.2) is 103 Å². The minimum Gasteiger partial charge on any atom is -0.811 e. The molecule has 0 saturated heterocycles. The fourth-order valence-electron chi connectivity index (χ4n) is 4.64. The molecule has 1 heterocycles. The van der Waals surface area contributed by atoms with Crippen LogP contribution in [-0.4, -0.2) is 23.0 Å². The van der Waals surface area contributed by atoms with Gasteiger partial charge in [-0.3, -0.25) is 4.68 Å². The molecule has 40 heavy (non-hydrogen) atoms. The molecule has 0 N–H and O–H groups in total. The Morgan fingerprint density at radius 2 is 1.50 bits per heavy atom. The summed E-state index contributed by atoms with van der Waals surface area (Å²) in [7, 11) is 1.93. The first-order valence-electron chi connectivity index (χ1n) is 12.9. The van der Waals surface area contributed by atoms with Crippen LogP contribution >= 0.6 is 0 Å². The summed E-state index contributed by atoms with van der Waals surface area (Å²) >= 11 is 0. The van der Waals surface area contributed by atoms with E-state index in [0.29, 0.717) is 0 Å². The quantitative estimate of drug-likeness (QED) is 0.132. The van der Waals surface area contributed by atoms with Crippen molar-refractivity contribution in [3.05, 3.63) is 143 Å². The zero-order chi connectivity index (χ0) is 27.8. The van der Waals surface area contributed by atoms with Crippen LogP contribution in [0, 0.1) is 39.8 Å². The number of anilines is 1. The molecule has 0 radical (unpaired) electrons. The summed E-state index contributed by atoms with van der Waals surface area (Å²) in [4.78, 5) is 1.91. The Labute approximate surface area is 251 Å². The molecule has 0 aliphatic carbocycles. The van der Waals surface area contributed by atoms with E-state index < -0.39 is 0 Å². The predicted octanol–water partition coefficient (Wildman–Crippen LogP) is 8.31. The van der Waals surface area contributed by atoms with Crippen molar-refractivity contribution in [3.8, 4) is 27.9 Å². The third-order valence-corrected chi connectivity index (χ3v) is 6.43. The van der Waals surface area contributed by atoms with Crippen LogP contribution in [0.25, 0.3) is 33.4 Å². The topological polar surface area (TPSA) is 43.4 Å². The van der Waals surface area contributed by atoms with Gasteiger partial charge < -0.3 is 10.3 Å². The van der Waals surface area contributed by atoms with Crippen LogP contribution in [0.3, 0.4) is 0 Å². The average molecular weight is 702 g/mol. The Morgan fingerprint density at radius 3 is 2.05 bits per heavy atom. The Morgan fingerprint density at radius 1 is 0.800 bits per heavy atom.